The van der Waals surface area contributed by atoms with Crippen LogP contribution in [0.1, 0.15) is 6.92 Å². The van der Waals surface area contributed by atoms with Gasteiger partial charge in [0.1, 0.15) is 11.4 Å². The Morgan fingerprint density at radius 3 is 2.84 bits per heavy atom. The number of aromatic nitrogens is 3. The largest absolute Gasteiger partial charge is 0.493 e. The predicted octanol–water partition coefficient (Wildman–Crippen LogP) is 2.73. The molecule has 0 aliphatic heterocycles. The quantitative estimate of drug-likeness (QED) is 0.793. The number of rotatable bonds is 3. The van der Waals surface area contributed by atoms with Crippen molar-refractivity contribution in [3.8, 4) is 17.3 Å². The first-order valence-corrected chi connectivity index (χ1v) is 6.67. The van der Waals surface area contributed by atoms with Crippen LogP contribution >= 0.6 is 11.5 Å². The summed E-state index contributed by atoms with van der Waals surface area (Å²) in [5.41, 5.74) is 7.15. The number of hydrogen-bond donors (Lipinski definition) is 1. The molecule has 0 fully saturated rings. The summed E-state index contributed by atoms with van der Waals surface area (Å²) in [4.78, 5) is 8.70. The molecule has 0 amide bonds. The fraction of sp³-hybridized carbons (Fsp3) is 0.154. The van der Waals surface area contributed by atoms with E-state index in [2.05, 4.69) is 14.3 Å². The summed E-state index contributed by atoms with van der Waals surface area (Å²) in [6, 6.07) is 9.69. The zero-order valence-corrected chi connectivity index (χ0v) is 11.1. The van der Waals surface area contributed by atoms with E-state index in [1.165, 1.54) is 0 Å². The third-order valence-corrected chi connectivity index (χ3v) is 3.19. The van der Waals surface area contributed by atoms with Gasteiger partial charge in [-0.3, -0.25) is 0 Å². The van der Waals surface area contributed by atoms with Crippen molar-refractivity contribution < 1.29 is 4.74 Å². The third kappa shape index (κ3) is 2.22. The van der Waals surface area contributed by atoms with Gasteiger partial charge >= 0.3 is 0 Å². The molecule has 0 bridgehead atoms. The van der Waals surface area contributed by atoms with Crippen molar-refractivity contribution in [1.29, 1.82) is 0 Å². The summed E-state index contributed by atoms with van der Waals surface area (Å²) in [7, 11) is 0. The highest BCUT2D eigenvalue weighted by molar-refractivity contribution is 7.09. The molecule has 2 aromatic heterocycles. The Balaban J connectivity index is 2.21. The van der Waals surface area contributed by atoms with Gasteiger partial charge in [-0.1, -0.05) is 12.1 Å². The fourth-order valence-corrected chi connectivity index (χ4v) is 2.31. The van der Waals surface area contributed by atoms with Crippen molar-refractivity contribution in [2.45, 2.75) is 6.92 Å². The van der Waals surface area contributed by atoms with E-state index in [-0.39, 0.29) is 0 Å². The lowest BCUT2D eigenvalue weighted by atomic mass is 10.2. The van der Waals surface area contributed by atoms with Crippen LogP contribution in [0.25, 0.3) is 22.4 Å². The predicted molar refractivity (Wildman–Crippen MR) is 76.2 cm³/mol. The number of anilines is 1. The van der Waals surface area contributed by atoms with Crippen LogP contribution in [0.3, 0.4) is 0 Å². The fourth-order valence-electron chi connectivity index (χ4n) is 1.87. The first-order valence-electron chi connectivity index (χ1n) is 5.90. The minimum atomic E-state index is 0.433. The summed E-state index contributed by atoms with van der Waals surface area (Å²) in [6.07, 6.45) is 0. The molecule has 2 heterocycles. The molecule has 3 aromatic rings. The molecule has 1 aromatic carbocycles. The molecule has 0 saturated heterocycles. The van der Waals surface area contributed by atoms with Crippen LogP contribution in [0.4, 0.5) is 5.13 Å². The number of ether oxygens (including phenoxy) is 1. The van der Waals surface area contributed by atoms with Gasteiger partial charge in [0.05, 0.1) is 12.1 Å². The SMILES string of the molecule is CCOc1cc(-c2nsc(N)n2)nc2ccccc12. The monoisotopic (exact) mass is 272 g/mol. The molecule has 0 radical (unpaired) electrons. The highest BCUT2D eigenvalue weighted by atomic mass is 32.1. The lowest BCUT2D eigenvalue weighted by Gasteiger charge is -2.08. The van der Waals surface area contributed by atoms with Gasteiger partial charge in [-0.2, -0.15) is 9.36 Å². The molecule has 0 atom stereocenters. The molecular weight excluding hydrogens is 260 g/mol. The highest BCUT2D eigenvalue weighted by Gasteiger charge is 2.11. The molecule has 5 nitrogen and oxygen atoms in total. The number of para-hydroxylation sites is 1. The second-order valence-electron chi connectivity index (χ2n) is 3.91. The van der Waals surface area contributed by atoms with Gasteiger partial charge in [0, 0.05) is 23.0 Å². The summed E-state index contributed by atoms with van der Waals surface area (Å²) >= 11 is 1.16. The molecule has 19 heavy (non-hydrogen) atoms. The van der Waals surface area contributed by atoms with Crippen LogP contribution in [-0.2, 0) is 0 Å². The van der Waals surface area contributed by atoms with Crippen molar-refractivity contribution in [3.63, 3.8) is 0 Å². The molecular formula is C13H12N4OS. The number of fused-ring (bicyclic) bond motifs is 1. The maximum absolute atomic E-state index is 5.66. The third-order valence-electron chi connectivity index (χ3n) is 2.65. The lowest BCUT2D eigenvalue weighted by Crippen LogP contribution is -1.96. The number of hydrogen-bond acceptors (Lipinski definition) is 6. The Kier molecular flexibility index (Phi) is 3.00. The maximum atomic E-state index is 5.66. The van der Waals surface area contributed by atoms with Crippen LogP contribution in [0, 0.1) is 0 Å². The summed E-state index contributed by atoms with van der Waals surface area (Å²) in [5, 5.41) is 1.42. The second-order valence-corrected chi connectivity index (χ2v) is 4.70. The summed E-state index contributed by atoms with van der Waals surface area (Å²) < 4.78 is 9.85. The molecule has 3 rings (SSSR count). The zero-order valence-electron chi connectivity index (χ0n) is 10.3. The van der Waals surface area contributed by atoms with E-state index in [4.69, 9.17) is 10.5 Å². The van der Waals surface area contributed by atoms with Gasteiger partial charge in [0.2, 0.25) is 0 Å². The number of nitrogens with two attached hydrogens (primary N) is 1. The topological polar surface area (TPSA) is 73.9 Å². The molecule has 0 aliphatic rings. The standard InChI is InChI=1S/C13H12N4OS/c1-2-18-11-7-10(12-16-13(14)19-17-12)15-9-6-4-3-5-8(9)11/h3-7H,2H2,1H3,(H2,14,16,17). The minimum Gasteiger partial charge on any atom is -0.493 e. The average molecular weight is 272 g/mol. The van der Waals surface area contributed by atoms with E-state index < -0.39 is 0 Å². The Bertz CT molecular complexity index is 725. The Hall–Kier alpha value is -2.21. The molecule has 0 saturated carbocycles. The highest BCUT2D eigenvalue weighted by Crippen LogP contribution is 2.29. The molecule has 6 heteroatoms. The van der Waals surface area contributed by atoms with Crippen LogP contribution in [-0.4, -0.2) is 20.9 Å². The number of nitrogens with zero attached hydrogens (tertiary/aromatic N) is 3. The van der Waals surface area contributed by atoms with Crippen molar-refractivity contribution in [3.05, 3.63) is 30.3 Å². The smallest absolute Gasteiger partial charge is 0.200 e. The summed E-state index contributed by atoms with van der Waals surface area (Å²) in [6.45, 7) is 2.55. The van der Waals surface area contributed by atoms with Crippen LogP contribution in [0.2, 0.25) is 0 Å². The first-order chi connectivity index (χ1) is 9.28. The number of benzene rings is 1. The van der Waals surface area contributed by atoms with E-state index in [0.29, 0.717) is 23.3 Å². The van der Waals surface area contributed by atoms with Crippen LogP contribution in [0.5, 0.6) is 5.75 Å². The van der Waals surface area contributed by atoms with Crippen molar-refractivity contribution >= 4 is 27.6 Å². The van der Waals surface area contributed by atoms with Gasteiger partial charge in [-0.25, -0.2) is 4.98 Å². The van der Waals surface area contributed by atoms with Crippen LogP contribution < -0.4 is 10.5 Å². The van der Waals surface area contributed by atoms with E-state index in [0.717, 1.165) is 28.2 Å². The molecule has 0 unspecified atom stereocenters. The van der Waals surface area contributed by atoms with Crippen LogP contribution in [0.15, 0.2) is 30.3 Å². The molecule has 0 aliphatic carbocycles. The molecule has 0 spiro atoms. The lowest BCUT2D eigenvalue weighted by molar-refractivity contribution is 0.344. The van der Waals surface area contributed by atoms with Gasteiger partial charge in [0.15, 0.2) is 11.0 Å². The summed E-state index contributed by atoms with van der Waals surface area (Å²) in [5.74, 6) is 1.32. The Morgan fingerprint density at radius 1 is 1.26 bits per heavy atom. The van der Waals surface area contributed by atoms with Gasteiger partial charge in [-0.05, 0) is 19.1 Å². The Morgan fingerprint density at radius 2 is 2.11 bits per heavy atom. The van der Waals surface area contributed by atoms with Crippen molar-refractivity contribution in [2.75, 3.05) is 12.3 Å². The molecule has 96 valence electrons. The van der Waals surface area contributed by atoms with E-state index >= 15 is 0 Å². The number of pyridine rings is 1. The normalized spacial score (nSPS) is 10.8. The van der Waals surface area contributed by atoms with Gasteiger partial charge in [0.25, 0.3) is 0 Å². The van der Waals surface area contributed by atoms with Crippen molar-refractivity contribution in [2.24, 2.45) is 0 Å². The van der Waals surface area contributed by atoms with Gasteiger partial charge in [-0.15, -0.1) is 0 Å². The molecule has 2 N–H and O–H groups in total. The van der Waals surface area contributed by atoms with Crippen molar-refractivity contribution in [1.82, 2.24) is 14.3 Å². The van der Waals surface area contributed by atoms with E-state index in [9.17, 15) is 0 Å². The second kappa shape index (κ2) is 4.81. The average Bonchev–Trinajstić information content (AvgIpc) is 2.86. The minimum absolute atomic E-state index is 0.433. The first kappa shape index (κ1) is 11.9. The maximum Gasteiger partial charge on any atom is 0.200 e. The zero-order chi connectivity index (χ0) is 13.2. The van der Waals surface area contributed by atoms with E-state index in [1.54, 1.807) is 0 Å². The Labute approximate surface area is 114 Å². The number of nitrogen functional groups attached to an aromatic ring is 1. The van der Waals surface area contributed by atoms with E-state index in [1.807, 2.05) is 37.3 Å². The van der Waals surface area contributed by atoms with Gasteiger partial charge < -0.3 is 10.5 Å².